The minimum absolute atomic E-state index is 0.288. The van der Waals surface area contributed by atoms with Crippen LogP contribution in [0.5, 0.6) is 0 Å². The molecule has 9 heavy (non-hydrogen) atoms. The van der Waals surface area contributed by atoms with Crippen molar-refractivity contribution in [2.75, 3.05) is 0 Å². The summed E-state index contributed by atoms with van der Waals surface area (Å²) in [4.78, 5) is 4.02. The standard InChI is InChI=1S/C6H8N2S/c1-3-5(2)6-7-4-9-8-6/h3-5H,1H2,2H3. The molecule has 1 aromatic rings. The van der Waals surface area contributed by atoms with Gasteiger partial charge < -0.3 is 0 Å². The summed E-state index contributed by atoms with van der Waals surface area (Å²) in [7, 11) is 0. The molecule has 1 heterocycles. The summed E-state index contributed by atoms with van der Waals surface area (Å²) < 4.78 is 4.05. The molecule has 48 valence electrons. The third-order valence-electron chi connectivity index (χ3n) is 1.14. The summed E-state index contributed by atoms with van der Waals surface area (Å²) in [5.74, 6) is 1.16. The molecule has 1 unspecified atom stereocenters. The second-order valence-electron chi connectivity index (χ2n) is 1.81. The molecule has 0 aliphatic heterocycles. The Morgan fingerprint density at radius 1 is 1.89 bits per heavy atom. The molecule has 3 heteroatoms. The molecule has 1 atom stereocenters. The molecule has 0 bridgehead atoms. The Labute approximate surface area is 58.4 Å². The van der Waals surface area contributed by atoms with E-state index in [0.717, 1.165) is 5.82 Å². The Balaban J connectivity index is 2.76. The normalized spacial score (nSPS) is 13.0. The van der Waals surface area contributed by atoms with Crippen LogP contribution in [0.4, 0.5) is 0 Å². The van der Waals surface area contributed by atoms with Crippen LogP contribution in [0.2, 0.25) is 0 Å². The highest BCUT2D eigenvalue weighted by molar-refractivity contribution is 7.03. The summed E-state index contributed by atoms with van der Waals surface area (Å²) in [5.41, 5.74) is 1.73. The molecule has 0 aliphatic carbocycles. The third-order valence-corrected chi connectivity index (χ3v) is 1.63. The van der Waals surface area contributed by atoms with Crippen LogP contribution in [0.3, 0.4) is 0 Å². The number of aromatic nitrogens is 2. The van der Waals surface area contributed by atoms with Crippen LogP contribution in [-0.2, 0) is 0 Å². The van der Waals surface area contributed by atoms with E-state index >= 15 is 0 Å². The Hall–Kier alpha value is -0.700. The fourth-order valence-corrected chi connectivity index (χ4v) is 1.01. The molecule has 1 aromatic heterocycles. The minimum Gasteiger partial charge on any atom is -0.227 e. The number of rotatable bonds is 2. The summed E-state index contributed by atoms with van der Waals surface area (Å²) >= 11 is 1.37. The van der Waals surface area contributed by atoms with E-state index in [-0.39, 0.29) is 5.92 Å². The summed E-state index contributed by atoms with van der Waals surface area (Å²) in [6, 6.07) is 0. The predicted octanol–water partition coefficient (Wildman–Crippen LogP) is 1.83. The van der Waals surface area contributed by atoms with E-state index < -0.39 is 0 Å². The number of hydrogen-bond acceptors (Lipinski definition) is 3. The van der Waals surface area contributed by atoms with E-state index in [1.54, 1.807) is 5.51 Å². The Bertz CT molecular complexity index is 181. The van der Waals surface area contributed by atoms with Crippen LogP contribution in [0.25, 0.3) is 0 Å². The van der Waals surface area contributed by atoms with Gasteiger partial charge >= 0.3 is 0 Å². The van der Waals surface area contributed by atoms with Gasteiger partial charge in [-0.2, -0.15) is 4.37 Å². The van der Waals surface area contributed by atoms with Gasteiger partial charge in [0.2, 0.25) is 0 Å². The van der Waals surface area contributed by atoms with Crippen LogP contribution < -0.4 is 0 Å². The van der Waals surface area contributed by atoms with Gasteiger partial charge in [-0.3, -0.25) is 0 Å². The Morgan fingerprint density at radius 2 is 2.67 bits per heavy atom. The second kappa shape index (κ2) is 2.73. The zero-order valence-corrected chi connectivity index (χ0v) is 6.06. The van der Waals surface area contributed by atoms with E-state index in [0.29, 0.717) is 0 Å². The largest absolute Gasteiger partial charge is 0.227 e. The van der Waals surface area contributed by atoms with Gasteiger partial charge in [0.05, 0.1) is 0 Å². The maximum Gasteiger partial charge on any atom is 0.148 e. The molecule has 0 aromatic carbocycles. The molecule has 0 spiro atoms. The first-order chi connectivity index (χ1) is 4.34. The maximum atomic E-state index is 4.05. The van der Waals surface area contributed by atoms with E-state index in [1.807, 2.05) is 13.0 Å². The van der Waals surface area contributed by atoms with Crippen LogP contribution in [-0.4, -0.2) is 9.36 Å². The van der Waals surface area contributed by atoms with Crippen molar-refractivity contribution >= 4 is 11.5 Å². The van der Waals surface area contributed by atoms with Gasteiger partial charge in [0.25, 0.3) is 0 Å². The molecule has 1 rings (SSSR count). The monoisotopic (exact) mass is 140 g/mol. The average molecular weight is 140 g/mol. The highest BCUT2D eigenvalue weighted by Crippen LogP contribution is 2.10. The second-order valence-corrected chi connectivity index (χ2v) is 2.42. The third kappa shape index (κ3) is 1.36. The number of hydrogen-bond donors (Lipinski definition) is 0. The van der Waals surface area contributed by atoms with Gasteiger partial charge in [0.1, 0.15) is 11.3 Å². The molecule has 0 fully saturated rings. The quantitative estimate of drug-likeness (QED) is 0.586. The summed E-state index contributed by atoms with van der Waals surface area (Å²) in [6.45, 7) is 5.66. The predicted molar refractivity (Wildman–Crippen MR) is 38.5 cm³/mol. The van der Waals surface area contributed by atoms with Gasteiger partial charge in [0.15, 0.2) is 0 Å². The lowest BCUT2D eigenvalue weighted by Crippen LogP contribution is -1.89. The Morgan fingerprint density at radius 3 is 3.11 bits per heavy atom. The SMILES string of the molecule is C=CC(C)c1ncsn1. The molecule has 2 nitrogen and oxygen atoms in total. The van der Waals surface area contributed by atoms with Gasteiger partial charge in [-0.05, 0) is 11.5 Å². The Kier molecular flexibility index (Phi) is 1.95. The highest BCUT2D eigenvalue weighted by atomic mass is 32.1. The van der Waals surface area contributed by atoms with Gasteiger partial charge in [-0.15, -0.1) is 6.58 Å². The molecule has 0 radical (unpaired) electrons. The fourth-order valence-electron chi connectivity index (χ4n) is 0.485. The van der Waals surface area contributed by atoms with E-state index in [4.69, 9.17) is 0 Å². The zero-order chi connectivity index (χ0) is 6.69. The lowest BCUT2D eigenvalue weighted by Gasteiger charge is -1.95. The molecular weight excluding hydrogens is 132 g/mol. The molecule has 0 N–H and O–H groups in total. The van der Waals surface area contributed by atoms with Crippen molar-refractivity contribution < 1.29 is 0 Å². The van der Waals surface area contributed by atoms with E-state index in [9.17, 15) is 0 Å². The molecule has 0 aliphatic rings. The van der Waals surface area contributed by atoms with Crippen LogP contribution in [0.1, 0.15) is 18.7 Å². The van der Waals surface area contributed by atoms with Gasteiger partial charge in [0, 0.05) is 5.92 Å². The van der Waals surface area contributed by atoms with E-state index in [1.165, 1.54) is 11.5 Å². The average Bonchev–Trinajstić information content (AvgIpc) is 2.37. The lowest BCUT2D eigenvalue weighted by molar-refractivity contribution is 0.880. The van der Waals surface area contributed by atoms with Crippen molar-refractivity contribution in [3.05, 3.63) is 24.0 Å². The zero-order valence-electron chi connectivity index (χ0n) is 5.24. The topological polar surface area (TPSA) is 25.8 Å². The van der Waals surface area contributed by atoms with Crippen molar-refractivity contribution in [1.82, 2.24) is 9.36 Å². The number of nitrogens with zero attached hydrogens (tertiary/aromatic N) is 2. The first-order valence-corrected chi connectivity index (χ1v) is 3.57. The van der Waals surface area contributed by atoms with Gasteiger partial charge in [-0.1, -0.05) is 13.0 Å². The van der Waals surface area contributed by atoms with Crippen molar-refractivity contribution in [2.24, 2.45) is 0 Å². The lowest BCUT2D eigenvalue weighted by atomic mass is 10.2. The molecular formula is C6H8N2S. The maximum absolute atomic E-state index is 4.05. The number of allylic oxidation sites excluding steroid dienone is 1. The van der Waals surface area contributed by atoms with Crippen LogP contribution in [0.15, 0.2) is 18.2 Å². The van der Waals surface area contributed by atoms with Crippen LogP contribution in [0, 0.1) is 0 Å². The summed E-state index contributed by atoms with van der Waals surface area (Å²) in [6.07, 6.45) is 1.84. The molecule has 0 saturated carbocycles. The fraction of sp³-hybridized carbons (Fsp3) is 0.333. The minimum atomic E-state index is 0.288. The van der Waals surface area contributed by atoms with Crippen molar-refractivity contribution in [1.29, 1.82) is 0 Å². The van der Waals surface area contributed by atoms with Gasteiger partial charge in [-0.25, -0.2) is 4.98 Å². The highest BCUT2D eigenvalue weighted by Gasteiger charge is 2.02. The molecule has 0 amide bonds. The van der Waals surface area contributed by atoms with Crippen molar-refractivity contribution in [3.63, 3.8) is 0 Å². The smallest absolute Gasteiger partial charge is 0.148 e. The van der Waals surface area contributed by atoms with Crippen LogP contribution >= 0.6 is 11.5 Å². The van der Waals surface area contributed by atoms with Crippen molar-refractivity contribution in [3.8, 4) is 0 Å². The first-order valence-electron chi connectivity index (χ1n) is 2.73. The summed E-state index contributed by atoms with van der Waals surface area (Å²) in [5, 5.41) is 0. The molecule has 0 saturated heterocycles. The first kappa shape index (κ1) is 6.42. The van der Waals surface area contributed by atoms with E-state index in [2.05, 4.69) is 15.9 Å². The van der Waals surface area contributed by atoms with Crippen molar-refractivity contribution in [2.45, 2.75) is 12.8 Å².